The Kier molecular flexibility index (Phi) is 29.0. The van der Waals surface area contributed by atoms with E-state index >= 15 is 0 Å². The average molecular weight is 671 g/mol. The molecular weight excluding hydrogens is 599 g/mol. The van der Waals surface area contributed by atoms with Crippen molar-refractivity contribution in [3.05, 3.63) is 36.5 Å². The molecule has 0 aliphatic carbocycles. The standard InChI is InChI=1S/C37H71N2O6P/c1-6-8-10-12-14-16-18-19-21-23-25-27-29-31-37(41)38-35(34-45-46(42,43)44-33-32-39(3,4)5)36(40)30-28-26-24-22-20-17-15-13-11-9-7-2/h10,12,16,18,28,30,35-36,40H,6-9,11,13-15,17,19-27,29,31-34H2,1-5H3,(H-,38,41,42,43)/b12-10-,18-16-,30-28+. The number of likely N-dealkylation sites (N-methyl/N-ethyl adjacent to an activating group) is 1. The van der Waals surface area contributed by atoms with Gasteiger partial charge in [0.1, 0.15) is 13.2 Å². The molecule has 270 valence electrons. The molecule has 9 heteroatoms. The number of carbonyl (C=O) groups is 1. The summed E-state index contributed by atoms with van der Waals surface area (Å²) >= 11 is 0. The Morgan fingerprint density at radius 1 is 0.761 bits per heavy atom. The number of phosphoric ester groups is 1. The number of hydrogen-bond donors (Lipinski definition) is 2. The molecule has 0 radical (unpaired) electrons. The number of aliphatic hydroxyl groups is 1. The van der Waals surface area contributed by atoms with Crippen LogP contribution >= 0.6 is 7.82 Å². The highest BCUT2D eigenvalue weighted by molar-refractivity contribution is 7.45. The van der Waals surface area contributed by atoms with E-state index in [9.17, 15) is 19.4 Å². The monoisotopic (exact) mass is 671 g/mol. The molecule has 3 atom stereocenters. The van der Waals surface area contributed by atoms with Crippen molar-refractivity contribution in [2.24, 2.45) is 0 Å². The van der Waals surface area contributed by atoms with Gasteiger partial charge in [-0.25, -0.2) is 0 Å². The van der Waals surface area contributed by atoms with Crippen LogP contribution in [0.2, 0.25) is 0 Å². The van der Waals surface area contributed by atoms with Crippen LogP contribution in [0.4, 0.5) is 0 Å². The lowest BCUT2D eigenvalue weighted by Gasteiger charge is -2.29. The van der Waals surface area contributed by atoms with Gasteiger partial charge in [-0.3, -0.25) is 9.36 Å². The van der Waals surface area contributed by atoms with Crippen molar-refractivity contribution in [1.82, 2.24) is 5.32 Å². The van der Waals surface area contributed by atoms with E-state index in [4.69, 9.17) is 9.05 Å². The van der Waals surface area contributed by atoms with E-state index in [0.29, 0.717) is 17.4 Å². The minimum Gasteiger partial charge on any atom is -0.756 e. The van der Waals surface area contributed by atoms with Crippen molar-refractivity contribution in [2.45, 2.75) is 154 Å². The van der Waals surface area contributed by atoms with Crippen molar-refractivity contribution in [3.63, 3.8) is 0 Å². The van der Waals surface area contributed by atoms with Crippen molar-refractivity contribution in [1.29, 1.82) is 0 Å². The van der Waals surface area contributed by atoms with Gasteiger partial charge in [0.2, 0.25) is 5.91 Å². The number of phosphoric acid groups is 1. The van der Waals surface area contributed by atoms with Gasteiger partial charge in [0, 0.05) is 6.42 Å². The van der Waals surface area contributed by atoms with Crippen LogP contribution in [0.25, 0.3) is 0 Å². The predicted octanol–water partition coefficient (Wildman–Crippen LogP) is 8.55. The third-order valence-corrected chi connectivity index (χ3v) is 8.79. The van der Waals surface area contributed by atoms with Crippen molar-refractivity contribution < 1.29 is 32.9 Å². The fraction of sp³-hybridized carbons (Fsp3) is 0.811. The van der Waals surface area contributed by atoms with E-state index in [1.54, 1.807) is 6.08 Å². The lowest BCUT2D eigenvalue weighted by atomic mass is 10.1. The maximum Gasteiger partial charge on any atom is 0.268 e. The number of nitrogens with one attached hydrogen (secondary N) is 1. The van der Waals surface area contributed by atoms with Gasteiger partial charge < -0.3 is 28.8 Å². The zero-order chi connectivity index (χ0) is 34.4. The topological polar surface area (TPSA) is 108 Å². The molecule has 0 bridgehead atoms. The van der Waals surface area contributed by atoms with Crippen LogP contribution in [0.1, 0.15) is 142 Å². The highest BCUT2D eigenvalue weighted by atomic mass is 31.2. The number of quaternary nitrogens is 1. The Morgan fingerprint density at radius 3 is 1.89 bits per heavy atom. The maximum absolute atomic E-state index is 12.7. The highest BCUT2D eigenvalue weighted by Gasteiger charge is 2.23. The Bertz CT molecular complexity index is 855. The molecule has 0 saturated heterocycles. The van der Waals surface area contributed by atoms with E-state index in [1.807, 2.05) is 27.2 Å². The number of nitrogens with zero attached hydrogens (tertiary/aromatic N) is 1. The molecule has 0 aliphatic heterocycles. The van der Waals surface area contributed by atoms with Gasteiger partial charge in [-0.2, -0.15) is 0 Å². The number of hydrogen-bond acceptors (Lipinski definition) is 6. The zero-order valence-electron chi connectivity index (χ0n) is 30.3. The second-order valence-corrected chi connectivity index (χ2v) is 15.0. The largest absolute Gasteiger partial charge is 0.756 e. The van der Waals surface area contributed by atoms with E-state index < -0.39 is 20.0 Å². The van der Waals surface area contributed by atoms with Crippen LogP contribution < -0.4 is 10.2 Å². The molecule has 0 aromatic rings. The second-order valence-electron chi connectivity index (χ2n) is 13.6. The highest BCUT2D eigenvalue weighted by Crippen LogP contribution is 2.38. The summed E-state index contributed by atoms with van der Waals surface area (Å²) in [6.07, 6.45) is 33.2. The Morgan fingerprint density at radius 2 is 1.30 bits per heavy atom. The Hall–Kier alpha value is -1.28. The van der Waals surface area contributed by atoms with Crippen LogP contribution in [0.3, 0.4) is 0 Å². The number of carbonyl (C=O) groups excluding carboxylic acids is 1. The summed E-state index contributed by atoms with van der Waals surface area (Å²) < 4.78 is 23.0. The minimum absolute atomic E-state index is 0.00478. The second kappa shape index (κ2) is 29.8. The molecular formula is C37H71N2O6P. The SMILES string of the molecule is CCC/C=C\C/C=C\CCCCCCCC(=O)NC(COP(=O)([O-])OCC[N+](C)(C)C)C(O)/C=C/CCCCCCCCCCC. The summed E-state index contributed by atoms with van der Waals surface area (Å²) in [5, 5.41) is 13.6. The predicted molar refractivity (Wildman–Crippen MR) is 191 cm³/mol. The number of allylic oxidation sites excluding steroid dienone is 5. The van der Waals surface area contributed by atoms with Gasteiger partial charge in [0.15, 0.2) is 0 Å². The summed E-state index contributed by atoms with van der Waals surface area (Å²) in [5.74, 6) is -0.217. The van der Waals surface area contributed by atoms with Gasteiger partial charge in [0.05, 0.1) is 39.9 Å². The molecule has 0 fully saturated rings. The van der Waals surface area contributed by atoms with Crippen LogP contribution in [-0.4, -0.2) is 68.5 Å². The number of unbranched alkanes of at least 4 members (excludes halogenated alkanes) is 15. The summed E-state index contributed by atoms with van der Waals surface area (Å²) in [4.78, 5) is 25.1. The lowest BCUT2D eigenvalue weighted by molar-refractivity contribution is -0.870. The molecule has 0 aromatic heterocycles. The van der Waals surface area contributed by atoms with Crippen LogP contribution in [0.15, 0.2) is 36.5 Å². The van der Waals surface area contributed by atoms with Gasteiger partial charge in [-0.1, -0.05) is 127 Å². The third-order valence-electron chi connectivity index (χ3n) is 7.83. The zero-order valence-corrected chi connectivity index (χ0v) is 31.2. The summed E-state index contributed by atoms with van der Waals surface area (Å²) in [7, 11) is 1.24. The van der Waals surface area contributed by atoms with Gasteiger partial charge in [0.25, 0.3) is 7.82 Å². The van der Waals surface area contributed by atoms with E-state index in [0.717, 1.165) is 70.6 Å². The first-order valence-electron chi connectivity index (χ1n) is 18.4. The molecule has 0 rings (SSSR count). The Labute approximate surface area is 283 Å². The summed E-state index contributed by atoms with van der Waals surface area (Å²) in [5.41, 5.74) is 0. The normalized spacial score (nSPS) is 15.2. The average Bonchev–Trinajstić information content (AvgIpc) is 2.99. The van der Waals surface area contributed by atoms with Crippen LogP contribution in [0, 0.1) is 0 Å². The smallest absolute Gasteiger partial charge is 0.268 e. The van der Waals surface area contributed by atoms with E-state index in [1.165, 1.54) is 51.4 Å². The van der Waals surface area contributed by atoms with Crippen LogP contribution in [0.5, 0.6) is 0 Å². The molecule has 0 heterocycles. The molecule has 1 amide bonds. The minimum atomic E-state index is -4.58. The first kappa shape index (κ1) is 44.7. The maximum atomic E-state index is 12.7. The number of aliphatic hydroxyl groups excluding tert-OH is 1. The summed E-state index contributed by atoms with van der Waals surface area (Å²) in [6, 6.07) is -0.889. The van der Waals surface area contributed by atoms with Gasteiger partial charge in [-0.05, 0) is 44.9 Å². The molecule has 0 aromatic carbocycles. The molecule has 0 saturated carbocycles. The quantitative estimate of drug-likeness (QED) is 0.0321. The molecule has 2 N–H and O–H groups in total. The molecule has 3 unspecified atom stereocenters. The van der Waals surface area contributed by atoms with Crippen molar-refractivity contribution in [3.8, 4) is 0 Å². The number of rotatable bonds is 32. The lowest BCUT2D eigenvalue weighted by Crippen LogP contribution is -2.45. The fourth-order valence-electron chi connectivity index (χ4n) is 4.83. The fourth-order valence-corrected chi connectivity index (χ4v) is 5.56. The molecule has 8 nitrogen and oxygen atoms in total. The molecule has 0 spiro atoms. The summed E-state index contributed by atoms with van der Waals surface area (Å²) in [6.45, 7) is 4.52. The van der Waals surface area contributed by atoms with Gasteiger partial charge >= 0.3 is 0 Å². The van der Waals surface area contributed by atoms with Crippen LogP contribution in [-0.2, 0) is 18.4 Å². The van der Waals surface area contributed by atoms with E-state index in [2.05, 4.69) is 43.5 Å². The van der Waals surface area contributed by atoms with Gasteiger partial charge in [-0.15, -0.1) is 0 Å². The third kappa shape index (κ3) is 31.3. The van der Waals surface area contributed by atoms with Crippen molar-refractivity contribution >= 4 is 13.7 Å². The molecule has 0 aliphatic rings. The van der Waals surface area contributed by atoms with E-state index in [-0.39, 0.29) is 19.1 Å². The molecule has 46 heavy (non-hydrogen) atoms. The first-order valence-corrected chi connectivity index (χ1v) is 19.8. The van der Waals surface area contributed by atoms with Crippen molar-refractivity contribution in [2.75, 3.05) is 40.9 Å². The first-order chi connectivity index (χ1) is 22.0. The Balaban J connectivity index is 4.60. The number of amides is 1.